The topological polar surface area (TPSA) is 65.4 Å². The molecule has 0 amide bonds. The number of hydrogen-bond acceptors (Lipinski definition) is 3. The van der Waals surface area contributed by atoms with Crippen LogP contribution in [0.15, 0.2) is 42.7 Å². The first-order chi connectivity index (χ1) is 9.88. The van der Waals surface area contributed by atoms with Crippen molar-refractivity contribution < 1.29 is 0 Å². The van der Waals surface area contributed by atoms with Gasteiger partial charge in [-0.25, -0.2) is 4.98 Å². The van der Waals surface area contributed by atoms with Crippen LogP contribution in [-0.4, -0.2) is 15.0 Å². The van der Waals surface area contributed by atoms with Crippen LogP contribution in [0.1, 0.15) is 5.56 Å². The van der Waals surface area contributed by atoms with Crippen LogP contribution in [0.4, 0.5) is 0 Å². The van der Waals surface area contributed by atoms with E-state index in [4.69, 9.17) is 5.26 Å². The molecular weight excluding hydrogens is 248 g/mol. The molecule has 0 radical (unpaired) electrons. The van der Waals surface area contributed by atoms with Gasteiger partial charge in [-0.3, -0.25) is 4.98 Å². The molecule has 0 aliphatic rings. The molecule has 0 aliphatic carbocycles. The second-order valence-electron chi connectivity index (χ2n) is 4.71. The summed E-state index contributed by atoms with van der Waals surface area (Å²) < 4.78 is 0. The zero-order chi connectivity index (χ0) is 13.5. The summed E-state index contributed by atoms with van der Waals surface area (Å²) in [5.74, 6) is 0. The zero-order valence-corrected chi connectivity index (χ0v) is 10.6. The molecule has 4 aromatic rings. The fraction of sp³-hybridized carbons (Fsp3) is 0.0625. The summed E-state index contributed by atoms with van der Waals surface area (Å²) in [6, 6.07) is 12.2. The molecular formula is C16H10N4. The Morgan fingerprint density at radius 1 is 1.20 bits per heavy atom. The summed E-state index contributed by atoms with van der Waals surface area (Å²) >= 11 is 0. The average molecular weight is 258 g/mol. The minimum absolute atomic E-state index is 0.346. The van der Waals surface area contributed by atoms with E-state index in [1.807, 2.05) is 24.3 Å². The lowest BCUT2D eigenvalue weighted by atomic mass is 10.0. The van der Waals surface area contributed by atoms with Crippen molar-refractivity contribution in [2.75, 3.05) is 0 Å². The van der Waals surface area contributed by atoms with E-state index in [9.17, 15) is 0 Å². The minimum atomic E-state index is 0.346. The highest BCUT2D eigenvalue weighted by molar-refractivity contribution is 6.19. The number of nitrogens with zero attached hydrogens (tertiary/aromatic N) is 3. The number of nitrogens with one attached hydrogen (secondary N) is 1. The number of aromatic amines is 1. The van der Waals surface area contributed by atoms with Gasteiger partial charge in [0.2, 0.25) is 0 Å². The fourth-order valence-corrected chi connectivity index (χ4v) is 2.71. The number of para-hydroxylation sites is 1. The molecule has 0 spiro atoms. The predicted molar refractivity (Wildman–Crippen MR) is 78.2 cm³/mol. The van der Waals surface area contributed by atoms with Gasteiger partial charge in [0.15, 0.2) is 0 Å². The predicted octanol–water partition coefficient (Wildman–Crippen LogP) is 3.33. The molecule has 0 aliphatic heterocycles. The van der Waals surface area contributed by atoms with E-state index in [2.05, 4.69) is 27.1 Å². The van der Waals surface area contributed by atoms with E-state index >= 15 is 0 Å². The summed E-state index contributed by atoms with van der Waals surface area (Å²) in [5.41, 5.74) is 4.60. The smallest absolute Gasteiger partial charge is 0.0965 e. The molecule has 0 saturated carbocycles. The van der Waals surface area contributed by atoms with Gasteiger partial charge in [-0.15, -0.1) is 0 Å². The third-order valence-electron chi connectivity index (χ3n) is 3.54. The molecule has 2 aromatic carbocycles. The molecule has 4 heteroatoms. The highest BCUT2D eigenvalue weighted by Crippen LogP contribution is 2.32. The summed E-state index contributed by atoms with van der Waals surface area (Å²) in [4.78, 5) is 12.4. The van der Waals surface area contributed by atoms with Crippen LogP contribution < -0.4 is 0 Å². The van der Waals surface area contributed by atoms with Crippen molar-refractivity contribution in [2.24, 2.45) is 0 Å². The van der Waals surface area contributed by atoms with Gasteiger partial charge < -0.3 is 4.98 Å². The Morgan fingerprint density at radius 2 is 2.10 bits per heavy atom. The van der Waals surface area contributed by atoms with Gasteiger partial charge in [0.25, 0.3) is 0 Å². The summed E-state index contributed by atoms with van der Waals surface area (Å²) in [5, 5.41) is 11.1. The van der Waals surface area contributed by atoms with Crippen LogP contribution in [0.5, 0.6) is 0 Å². The summed E-state index contributed by atoms with van der Waals surface area (Å²) in [6.45, 7) is 0. The van der Waals surface area contributed by atoms with Crippen molar-refractivity contribution >= 4 is 32.8 Å². The summed E-state index contributed by atoms with van der Waals surface area (Å²) in [6.07, 6.45) is 3.88. The summed E-state index contributed by atoms with van der Waals surface area (Å²) in [7, 11) is 0. The standard InChI is InChI=1S/C16H10N4/c17-6-5-10-9-13-16(19-8-7-18-13)14-11-3-1-2-4-12(11)20-15(10)14/h1-4,7-9,18H,5H2. The lowest BCUT2D eigenvalue weighted by molar-refractivity contribution is 1.25. The van der Waals surface area contributed by atoms with Crippen molar-refractivity contribution in [3.63, 3.8) is 0 Å². The van der Waals surface area contributed by atoms with E-state index in [0.717, 1.165) is 38.4 Å². The van der Waals surface area contributed by atoms with Gasteiger partial charge in [-0.2, -0.15) is 5.26 Å². The lowest BCUT2D eigenvalue weighted by Crippen LogP contribution is -1.89. The lowest BCUT2D eigenvalue weighted by Gasteiger charge is -2.03. The third kappa shape index (κ3) is 1.41. The average Bonchev–Trinajstić information content (AvgIpc) is 2.88. The quantitative estimate of drug-likeness (QED) is 0.569. The maximum atomic E-state index is 9.02. The monoisotopic (exact) mass is 258 g/mol. The molecule has 4 rings (SSSR count). The maximum Gasteiger partial charge on any atom is 0.0965 e. The Kier molecular flexibility index (Phi) is 2.21. The highest BCUT2D eigenvalue weighted by atomic mass is 14.8. The molecule has 0 bridgehead atoms. The molecule has 0 unspecified atom stereocenters. The first-order valence-electron chi connectivity index (χ1n) is 6.39. The molecule has 0 fully saturated rings. The van der Waals surface area contributed by atoms with E-state index < -0.39 is 0 Å². The molecule has 4 nitrogen and oxygen atoms in total. The third-order valence-corrected chi connectivity index (χ3v) is 3.54. The molecule has 20 heavy (non-hydrogen) atoms. The van der Waals surface area contributed by atoms with Gasteiger partial charge in [-0.05, 0) is 17.7 Å². The number of rotatable bonds is 1. The van der Waals surface area contributed by atoms with E-state index in [-0.39, 0.29) is 0 Å². The van der Waals surface area contributed by atoms with Crippen molar-refractivity contribution in [1.82, 2.24) is 15.0 Å². The van der Waals surface area contributed by atoms with Crippen molar-refractivity contribution in [2.45, 2.75) is 6.42 Å². The first-order valence-corrected chi connectivity index (χ1v) is 6.39. The van der Waals surface area contributed by atoms with Crippen LogP contribution in [0.2, 0.25) is 0 Å². The van der Waals surface area contributed by atoms with Crippen LogP contribution in [0.25, 0.3) is 32.8 Å². The Hall–Kier alpha value is -2.93. The van der Waals surface area contributed by atoms with Gasteiger partial charge in [0.05, 0.1) is 34.6 Å². The number of benzene rings is 2. The zero-order valence-electron chi connectivity index (χ0n) is 10.6. The largest absolute Gasteiger partial charge is 0.358 e. The molecule has 2 heterocycles. The van der Waals surface area contributed by atoms with Gasteiger partial charge in [-0.1, -0.05) is 18.2 Å². The molecule has 1 N–H and O–H groups in total. The Labute approximate surface area is 114 Å². The van der Waals surface area contributed by atoms with Crippen molar-refractivity contribution in [1.29, 1.82) is 5.26 Å². The molecule has 2 aromatic heterocycles. The van der Waals surface area contributed by atoms with Crippen molar-refractivity contribution in [3.8, 4) is 6.07 Å². The first kappa shape index (κ1) is 10.9. The number of aromatic nitrogens is 3. The normalized spacial score (nSPS) is 11.2. The molecule has 0 atom stereocenters. The molecule has 94 valence electrons. The van der Waals surface area contributed by atoms with Gasteiger partial charge in [0.1, 0.15) is 0 Å². The van der Waals surface area contributed by atoms with Crippen LogP contribution >= 0.6 is 0 Å². The number of fused-ring (bicyclic) bond motifs is 5. The van der Waals surface area contributed by atoms with E-state index in [0.29, 0.717) is 6.42 Å². The Morgan fingerprint density at radius 3 is 3.00 bits per heavy atom. The van der Waals surface area contributed by atoms with Gasteiger partial charge >= 0.3 is 0 Å². The van der Waals surface area contributed by atoms with E-state index in [1.165, 1.54) is 0 Å². The minimum Gasteiger partial charge on any atom is -0.358 e. The van der Waals surface area contributed by atoms with Crippen LogP contribution in [0.3, 0.4) is 0 Å². The number of nitriles is 1. The second-order valence-corrected chi connectivity index (χ2v) is 4.71. The van der Waals surface area contributed by atoms with Gasteiger partial charge in [0, 0.05) is 23.2 Å². The Balaban J connectivity index is 2.31. The molecule has 0 saturated heterocycles. The van der Waals surface area contributed by atoms with Crippen LogP contribution in [0, 0.1) is 11.3 Å². The van der Waals surface area contributed by atoms with E-state index in [1.54, 1.807) is 12.4 Å². The maximum absolute atomic E-state index is 9.02. The van der Waals surface area contributed by atoms with Crippen molar-refractivity contribution in [3.05, 3.63) is 48.3 Å². The number of H-pyrrole nitrogens is 1. The second kappa shape index (κ2) is 4.04. The SMILES string of the molecule is N#CCc1cc2[nH]ccnc2c2c1nc1ccccc12. The van der Waals surface area contributed by atoms with Crippen LogP contribution in [-0.2, 0) is 6.42 Å². The number of hydrogen-bond donors (Lipinski definition) is 1. The fourth-order valence-electron chi connectivity index (χ4n) is 2.71. The Bertz CT molecular complexity index is 992. The highest BCUT2D eigenvalue weighted by Gasteiger charge is 2.14.